The van der Waals surface area contributed by atoms with E-state index < -0.39 is 11.3 Å². The van der Waals surface area contributed by atoms with Crippen molar-refractivity contribution in [2.45, 2.75) is 32.2 Å². The van der Waals surface area contributed by atoms with E-state index in [9.17, 15) is 18.4 Å². The normalized spacial score (nSPS) is 16.5. The SMILES string of the molecule is C#CCNC(=O)CNC(=O)CCN(CC1CCN(C(C)c2cccc3ccccc23)CC1)S(=O)[O-]. The molecule has 0 aromatic heterocycles. The summed E-state index contributed by atoms with van der Waals surface area (Å²) in [7, 11) is 0. The Labute approximate surface area is 209 Å². The highest BCUT2D eigenvalue weighted by Crippen LogP contribution is 2.31. The summed E-state index contributed by atoms with van der Waals surface area (Å²) in [6.07, 6.45) is 6.85. The minimum atomic E-state index is -2.41. The molecule has 9 heteroatoms. The molecule has 0 aliphatic carbocycles. The maximum absolute atomic E-state index is 12.0. The number of terminal acetylenes is 1. The van der Waals surface area contributed by atoms with Gasteiger partial charge < -0.3 is 15.2 Å². The number of nitrogens with zero attached hydrogens (tertiary/aromatic N) is 2. The number of carbonyl (C=O) groups is 2. The summed E-state index contributed by atoms with van der Waals surface area (Å²) < 4.78 is 24.8. The van der Waals surface area contributed by atoms with E-state index in [1.165, 1.54) is 20.6 Å². The van der Waals surface area contributed by atoms with Crippen LogP contribution in [0.4, 0.5) is 0 Å². The first kappa shape index (κ1) is 26.8. The van der Waals surface area contributed by atoms with Gasteiger partial charge in [0, 0.05) is 36.8 Å². The third kappa shape index (κ3) is 7.87. The molecule has 188 valence electrons. The van der Waals surface area contributed by atoms with Gasteiger partial charge in [0.05, 0.1) is 13.1 Å². The summed E-state index contributed by atoms with van der Waals surface area (Å²) in [5.41, 5.74) is 1.31. The molecule has 0 saturated carbocycles. The first-order valence-corrected chi connectivity index (χ1v) is 12.9. The van der Waals surface area contributed by atoms with Crippen molar-refractivity contribution >= 4 is 33.9 Å². The standard InChI is InChI=1S/C26H34N4O4S/c1-3-14-27-26(32)18-28-25(31)13-17-30(35(33)34)19-21-11-15-29(16-12-21)20(2)23-10-6-8-22-7-4-5-9-24(22)23/h1,4-10,20-21H,11-19H2,2H3,(H,27,32)(H,28,31)(H,33,34)/p-1. The number of fused-ring (bicyclic) bond motifs is 1. The number of piperidine rings is 1. The Balaban J connectivity index is 1.46. The molecule has 2 aromatic rings. The fourth-order valence-electron chi connectivity index (χ4n) is 4.55. The Bertz CT molecular complexity index is 1070. The molecule has 1 aliphatic heterocycles. The van der Waals surface area contributed by atoms with Gasteiger partial charge in [-0.3, -0.25) is 18.7 Å². The van der Waals surface area contributed by atoms with Crippen molar-refractivity contribution in [3.05, 3.63) is 48.0 Å². The molecule has 3 rings (SSSR count). The molecule has 2 atom stereocenters. The zero-order chi connectivity index (χ0) is 25.2. The maximum atomic E-state index is 12.0. The Morgan fingerprint density at radius 3 is 2.60 bits per heavy atom. The van der Waals surface area contributed by atoms with Gasteiger partial charge in [0.25, 0.3) is 0 Å². The molecule has 2 amide bonds. The summed E-state index contributed by atoms with van der Waals surface area (Å²) in [6.45, 7) is 4.39. The second-order valence-corrected chi connectivity index (χ2v) is 9.79. The van der Waals surface area contributed by atoms with Crippen LogP contribution >= 0.6 is 0 Å². The van der Waals surface area contributed by atoms with Gasteiger partial charge in [0.15, 0.2) is 0 Å². The van der Waals surface area contributed by atoms with Crippen molar-refractivity contribution in [3.63, 3.8) is 0 Å². The van der Waals surface area contributed by atoms with Crippen LogP contribution in [0.2, 0.25) is 0 Å². The van der Waals surface area contributed by atoms with Crippen molar-refractivity contribution in [2.75, 3.05) is 39.3 Å². The van der Waals surface area contributed by atoms with Crippen LogP contribution in [0.25, 0.3) is 10.8 Å². The predicted octanol–water partition coefficient (Wildman–Crippen LogP) is 1.96. The summed E-state index contributed by atoms with van der Waals surface area (Å²) in [5.74, 6) is 1.75. The number of amides is 2. The van der Waals surface area contributed by atoms with Gasteiger partial charge in [0.2, 0.25) is 11.8 Å². The van der Waals surface area contributed by atoms with Crippen LogP contribution in [0.1, 0.15) is 37.8 Å². The Morgan fingerprint density at radius 1 is 1.17 bits per heavy atom. The maximum Gasteiger partial charge on any atom is 0.240 e. The van der Waals surface area contributed by atoms with Gasteiger partial charge in [-0.1, -0.05) is 48.4 Å². The third-order valence-electron chi connectivity index (χ3n) is 6.56. The topological polar surface area (TPSA) is 105 Å². The third-order valence-corrected chi connectivity index (χ3v) is 7.32. The summed E-state index contributed by atoms with van der Waals surface area (Å²) in [6, 6.07) is 15.1. The number of benzene rings is 2. The summed E-state index contributed by atoms with van der Waals surface area (Å²) >= 11 is -2.41. The fraction of sp³-hybridized carbons (Fsp3) is 0.462. The van der Waals surface area contributed by atoms with Crippen molar-refractivity contribution in [1.82, 2.24) is 19.8 Å². The van der Waals surface area contributed by atoms with E-state index in [1.54, 1.807) is 0 Å². The van der Waals surface area contributed by atoms with Crippen molar-refractivity contribution in [3.8, 4) is 12.3 Å². The van der Waals surface area contributed by atoms with Crippen LogP contribution < -0.4 is 10.6 Å². The highest BCUT2D eigenvalue weighted by Gasteiger charge is 2.26. The molecule has 35 heavy (non-hydrogen) atoms. The lowest BCUT2D eigenvalue weighted by molar-refractivity contribution is -0.126. The number of hydrogen-bond acceptors (Lipinski definition) is 5. The quantitative estimate of drug-likeness (QED) is 0.365. The molecular formula is C26H33N4O4S-. The highest BCUT2D eigenvalue weighted by atomic mass is 32.2. The largest absolute Gasteiger partial charge is 0.760 e. The average molecular weight is 498 g/mol. The molecule has 2 unspecified atom stereocenters. The number of likely N-dealkylation sites (tertiary alicyclic amines) is 1. The first-order valence-electron chi connectivity index (χ1n) is 11.9. The van der Waals surface area contributed by atoms with Crippen LogP contribution in [-0.2, 0) is 20.9 Å². The van der Waals surface area contributed by atoms with E-state index in [2.05, 4.69) is 70.8 Å². The average Bonchev–Trinajstić information content (AvgIpc) is 2.88. The van der Waals surface area contributed by atoms with Gasteiger partial charge in [0.1, 0.15) is 0 Å². The van der Waals surface area contributed by atoms with Crippen LogP contribution in [0.5, 0.6) is 0 Å². The van der Waals surface area contributed by atoms with Gasteiger partial charge in [-0.05, 0) is 55.1 Å². The van der Waals surface area contributed by atoms with Gasteiger partial charge in [-0.15, -0.1) is 6.42 Å². The molecule has 0 spiro atoms. The number of rotatable bonds is 11. The zero-order valence-corrected chi connectivity index (χ0v) is 20.9. The fourth-order valence-corrected chi connectivity index (χ4v) is 5.13. The van der Waals surface area contributed by atoms with Gasteiger partial charge >= 0.3 is 0 Å². The van der Waals surface area contributed by atoms with E-state index in [0.717, 1.165) is 25.9 Å². The number of carbonyl (C=O) groups excluding carboxylic acids is 2. The smallest absolute Gasteiger partial charge is 0.240 e. The molecule has 1 heterocycles. The van der Waals surface area contributed by atoms with E-state index in [4.69, 9.17) is 6.42 Å². The highest BCUT2D eigenvalue weighted by molar-refractivity contribution is 7.76. The van der Waals surface area contributed by atoms with Gasteiger partial charge in [-0.25, -0.2) is 4.31 Å². The van der Waals surface area contributed by atoms with Crippen LogP contribution in [0.15, 0.2) is 42.5 Å². The van der Waals surface area contributed by atoms with E-state index in [1.807, 2.05) is 0 Å². The lowest BCUT2D eigenvalue weighted by Gasteiger charge is -2.38. The first-order chi connectivity index (χ1) is 16.9. The summed E-state index contributed by atoms with van der Waals surface area (Å²) in [4.78, 5) is 26.0. The van der Waals surface area contributed by atoms with Crippen molar-refractivity contribution < 1.29 is 18.4 Å². The van der Waals surface area contributed by atoms with Crippen molar-refractivity contribution in [2.24, 2.45) is 5.92 Å². The molecule has 0 radical (unpaired) electrons. The molecule has 1 saturated heterocycles. The Kier molecular flexibility index (Phi) is 10.2. The molecular weight excluding hydrogens is 464 g/mol. The molecule has 1 fully saturated rings. The predicted molar refractivity (Wildman–Crippen MR) is 137 cm³/mol. The molecule has 2 aromatic carbocycles. The van der Waals surface area contributed by atoms with E-state index >= 15 is 0 Å². The van der Waals surface area contributed by atoms with Crippen molar-refractivity contribution in [1.29, 1.82) is 0 Å². The molecule has 1 aliphatic rings. The van der Waals surface area contributed by atoms with Crippen LogP contribution in [-0.4, -0.2) is 69.0 Å². The number of nitrogens with one attached hydrogen (secondary N) is 2. The minimum absolute atomic E-state index is 0.00659. The minimum Gasteiger partial charge on any atom is -0.760 e. The Hall–Kier alpha value is -2.77. The lowest BCUT2D eigenvalue weighted by Crippen LogP contribution is -2.42. The second kappa shape index (κ2) is 13.4. The summed E-state index contributed by atoms with van der Waals surface area (Å²) in [5, 5.41) is 7.44. The monoisotopic (exact) mass is 497 g/mol. The molecule has 2 N–H and O–H groups in total. The molecule has 0 bridgehead atoms. The number of hydrogen-bond donors (Lipinski definition) is 2. The second-order valence-electron chi connectivity index (χ2n) is 8.84. The van der Waals surface area contributed by atoms with Crippen LogP contribution in [0, 0.1) is 18.3 Å². The zero-order valence-electron chi connectivity index (χ0n) is 20.1. The van der Waals surface area contributed by atoms with Gasteiger partial charge in [-0.2, -0.15) is 0 Å². The van der Waals surface area contributed by atoms with E-state index in [-0.39, 0.29) is 49.8 Å². The van der Waals surface area contributed by atoms with E-state index in [0.29, 0.717) is 6.54 Å². The van der Waals surface area contributed by atoms with Crippen LogP contribution in [0.3, 0.4) is 0 Å². The lowest BCUT2D eigenvalue weighted by atomic mass is 9.93. The molecule has 8 nitrogen and oxygen atoms in total. The Morgan fingerprint density at radius 2 is 1.89 bits per heavy atom.